The van der Waals surface area contributed by atoms with Crippen molar-refractivity contribution in [3.63, 3.8) is 0 Å². The lowest BCUT2D eigenvalue weighted by Crippen LogP contribution is -2.38. The number of rotatable bonds is 7. The first-order chi connectivity index (χ1) is 12.2. The van der Waals surface area contributed by atoms with Gasteiger partial charge >= 0.3 is 6.09 Å². The molecule has 7 nitrogen and oxygen atoms in total. The van der Waals surface area contributed by atoms with Crippen molar-refractivity contribution < 1.29 is 19.0 Å². The van der Waals surface area contributed by atoms with E-state index in [1.807, 2.05) is 24.3 Å². The predicted molar refractivity (Wildman–Crippen MR) is 94.7 cm³/mol. The van der Waals surface area contributed by atoms with Crippen molar-refractivity contribution in [3.05, 3.63) is 35.3 Å². The lowest BCUT2D eigenvalue weighted by molar-refractivity contribution is 0.0322. The minimum absolute atomic E-state index is 0.149. The van der Waals surface area contributed by atoms with Crippen LogP contribution in [0.2, 0.25) is 0 Å². The Bertz CT molecular complexity index is 683. The first-order valence-corrected chi connectivity index (χ1v) is 8.92. The molecule has 0 aliphatic carbocycles. The fourth-order valence-electron chi connectivity index (χ4n) is 2.46. The Labute approximate surface area is 150 Å². The van der Waals surface area contributed by atoms with Gasteiger partial charge in [0.25, 0.3) is 0 Å². The largest absolute Gasteiger partial charge is 0.492 e. The number of thiazole rings is 1. The highest BCUT2D eigenvalue weighted by Gasteiger charge is 2.10. The Morgan fingerprint density at radius 2 is 2.04 bits per heavy atom. The standard InChI is InChI=1S/C17H21N3O4S/c18-17(21)24-12-15-11-19-16(25-15)13-1-3-14(4-2-13)23-10-7-20-5-8-22-9-6-20/h1-4,11H,5-10,12H2,(H2,18,21). The Balaban J connectivity index is 1.49. The predicted octanol–water partition coefficient (Wildman–Crippen LogP) is 2.12. The van der Waals surface area contributed by atoms with E-state index in [1.54, 1.807) is 6.20 Å². The molecule has 3 rings (SSSR count). The number of nitrogens with zero attached hydrogens (tertiary/aromatic N) is 2. The summed E-state index contributed by atoms with van der Waals surface area (Å²) >= 11 is 1.47. The van der Waals surface area contributed by atoms with Gasteiger partial charge in [-0.05, 0) is 24.3 Å². The molecule has 25 heavy (non-hydrogen) atoms. The maximum Gasteiger partial charge on any atom is 0.404 e. The van der Waals surface area contributed by atoms with Crippen molar-refractivity contribution in [2.24, 2.45) is 5.73 Å². The van der Waals surface area contributed by atoms with Crippen LogP contribution in [-0.2, 0) is 16.1 Å². The van der Waals surface area contributed by atoms with Crippen LogP contribution < -0.4 is 10.5 Å². The summed E-state index contributed by atoms with van der Waals surface area (Å²) in [5.74, 6) is 0.839. The van der Waals surface area contributed by atoms with Gasteiger partial charge in [-0.1, -0.05) is 0 Å². The van der Waals surface area contributed by atoms with E-state index in [-0.39, 0.29) is 6.61 Å². The summed E-state index contributed by atoms with van der Waals surface area (Å²) in [5, 5.41) is 0.864. The van der Waals surface area contributed by atoms with E-state index in [4.69, 9.17) is 19.9 Å². The van der Waals surface area contributed by atoms with E-state index in [2.05, 4.69) is 9.88 Å². The van der Waals surface area contributed by atoms with Gasteiger partial charge in [0.1, 0.15) is 24.0 Å². The van der Waals surface area contributed by atoms with Crippen molar-refractivity contribution in [2.75, 3.05) is 39.5 Å². The van der Waals surface area contributed by atoms with Crippen LogP contribution in [0.15, 0.2) is 30.5 Å². The first kappa shape index (κ1) is 17.7. The zero-order valence-electron chi connectivity index (χ0n) is 13.8. The zero-order valence-corrected chi connectivity index (χ0v) is 14.7. The molecule has 134 valence electrons. The molecule has 0 atom stereocenters. The second kappa shape index (κ2) is 8.80. The van der Waals surface area contributed by atoms with E-state index in [0.717, 1.165) is 54.0 Å². The zero-order chi connectivity index (χ0) is 17.5. The summed E-state index contributed by atoms with van der Waals surface area (Å²) in [6, 6.07) is 7.83. The molecule has 1 aromatic heterocycles. The fourth-order valence-corrected chi connectivity index (χ4v) is 3.29. The number of nitrogens with two attached hydrogens (primary N) is 1. The second-order valence-corrected chi connectivity index (χ2v) is 6.68. The van der Waals surface area contributed by atoms with Gasteiger partial charge < -0.3 is 19.9 Å². The summed E-state index contributed by atoms with van der Waals surface area (Å²) in [4.78, 5) is 18.2. The lowest BCUT2D eigenvalue weighted by atomic mass is 10.2. The highest BCUT2D eigenvalue weighted by Crippen LogP contribution is 2.27. The molecule has 1 saturated heterocycles. The Morgan fingerprint density at radius 1 is 1.28 bits per heavy atom. The van der Waals surface area contributed by atoms with Crippen LogP contribution in [0.5, 0.6) is 5.75 Å². The summed E-state index contributed by atoms with van der Waals surface area (Å²) in [6.07, 6.45) is 0.906. The molecular weight excluding hydrogens is 342 g/mol. The van der Waals surface area contributed by atoms with E-state index >= 15 is 0 Å². The van der Waals surface area contributed by atoms with Crippen LogP contribution >= 0.6 is 11.3 Å². The summed E-state index contributed by atoms with van der Waals surface area (Å²) in [6.45, 7) is 5.24. The third kappa shape index (κ3) is 5.42. The van der Waals surface area contributed by atoms with Crippen LogP contribution in [0, 0.1) is 0 Å². The van der Waals surface area contributed by atoms with Crippen LogP contribution in [0.25, 0.3) is 10.6 Å². The topological polar surface area (TPSA) is 86.9 Å². The highest BCUT2D eigenvalue weighted by atomic mass is 32.1. The number of benzene rings is 1. The number of aromatic nitrogens is 1. The molecule has 0 unspecified atom stereocenters. The van der Waals surface area contributed by atoms with Crippen LogP contribution in [-0.4, -0.2) is 55.4 Å². The number of hydrogen-bond donors (Lipinski definition) is 1. The number of ether oxygens (including phenoxy) is 3. The molecule has 1 aliphatic rings. The number of carbonyl (C=O) groups excluding carboxylic acids is 1. The molecule has 0 saturated carbocycles. The molecule has 0 bridgehead atoms. The number of morpholine rings is 1. The molecule has 2 N–H and O–H groups in total. The van der Waals surface area contributed by atoms with Gasteiger partial charge in [-0.15, -0.1) is 11.3 Å². The van der Waals surface area contributed by atoms with Gasteiger partial charge in [-0.2, -0.15) is 0 Å². The molecule has 1 aliphatic heterocycles. The highest BCUT2D eigenvalue weighted by molar-refractivity contribution is 7.15. The molecule has 0 spiro atoms. The molecule has 0 radical (unpaired) electrons. The fraction of sp³-hybridized carbons (Fsp3) is 0.412. The van der Waals surface area contributed by atoms with Crippen molar-refractivity contribution in [1.29, 1.82) is 0 Å². The number of carbonyl (C=O) groups is 1. The van der Waals surface area contributed by atoms with E-state index in [9.17, 15) is 4.79 Å². The molecular formula is C17H21N3O4S. The van der Waals surface area contributed by atoms with E-state index in [1.165, 1.54) is 11.3 Å². The number of primary amides is 1. The van der Waals surface area contributed by atoms with Crippen molar-refractivity contribution in [3.8, 4) is 16.3 Å². The second-order valence-electron chi connectivity index (χ2n) is 5.57. The minimum Gasteiger partial charge on any atom is -0.492 e. The first-order valence-electron chi connectivity index (χ1n) is 8.11. The SMILES string of the molecule is NC(=O)OCc1cnc(-c2ccc(OCCN3CCOCC3)cc2)s1. The molecule has 1 aromatic carbocycles. The summed E-state index contributed by atoms with van der Waals surface area (Å²) in [7, 11) is 0. The lowest BCUT2D eigenvalue weighted by Gasteiger charge is -2.26. The monoisotopic (exact) mass is 363 g/mol. The number of hydrogen-bond acceptors (Lipinski definition) is 7. The number of amides is 1. The van der Waals surface area contributed by atoms with Crippen molar-refractivity contribution in [2.45, 2.75) is 6.61 Å². The molecule has 1 fully saturated rings. The van der Waals surface area contributed by atoms with Gasteiger partial charge in [0, 0.05) is 31.4 Å². The van der Waals surface area contributed by atoms with Crippen LogP contribution in [0.3, 0.4) is 0 Å². The van der Waals surface area contributed by atoms with Gasteiger partial charge in [-0.25, -0.2) is 9.78 Å². The smallest absolute Gasteiger partial charge is 0.404 e. The van der Waals surface area contributed by atoms with E-state index < -0.39 is 6.09 Å². The summed E-state index contributed by atoms with van der Waals surface area (Å²) in [5.41, 5.74) is 5.96. The third-order valence-corrected chi connectivity index (χ3v) is 4.81. The van der Waals surface area contributed by atoms with Gasteiger partial charge in [0.05, 0.1) is 18.1 Å². The van der Waals surface area contributed by atoms with E-state index in [0.29, 0.717) is 6.61 Å². The maximum atomic E-state index is 10.6. The average molecular weight is 363 g/mol. The summed E-state index contributed by atoms with van der Waals surface area (Å²) < 4.78 is 15.9. The van der Waals surface area contributed by atoms with Crippen LogP contribution in [0.1, 0.15) is 4.88 Å². The molecule has 2 heterocycles. The van der Waals surface area contributed by atoms with Crippen molar-refractivity contribution in [1.82, 2.24) is 9.88 Å². The molecule has 8 heteroatoms. The third-order valence-electron chi connectivity index (χ3n) is 3.79. The Morgan fingerprint density at radius 3 is 2.76 bits per heavy atom. The van der Waals surface area contributed by atoms with Gasteiger partial charge in [0.15, 0.2) is 0 Å². The van der Waals surface area contributed by atoms with Gasteiger partial charge in [0.2, 0.25) is 0 Å². The maximum absolute atomic E-state index is 10.6. The van der Waals surface area contributed by atoms with Gasteiger partial charge in [-0.3, -0.25) is 4.90 Å². The Hall–Kier alpha value is -2.16. The Kier molecular flexibility index (Phi) is 6.21. The average Bonchev–Trinajstić information content (AvgIpc) is 3.10. The molecule has 1 amide bonds. The quantitative estimate of drug-likeness (QED) is 0.811. The van der Waals surface area contributed by atoms with Crippen LogP contribution in [0.4, 0.5) is 4.79 Å². The normalized spacial score (nSPS) is 15.0. The minimum atomic E-state index is -0.784. The molecule has 2 aromatic rings. The van der Waals surface area contributed by atoms with Crippen molar-refractivity contribution >= 4 is 17.4 Å².